The molecule has 0 bridgehead atoms. The molecule has 1 aromatic rings. The van der Waals surface area contributed by atoms with Crippen LogP contribution < -0.4 is 10.2 Å². The second-order valence-corrected chi connectivity index (χ2v) is 4.81. The summed E-state index contributed by atoms with van der Waals surface area (Å²) in [6, 6.07) is 7.82. The van der Waals surface area contributed by atoms with Crippen LogP contribution in [0.15, 0.2) is 29.3 Å². The van der Waals surface area contributed by atoms with Crippen molar-refractivity contribution in [1.29, 1.82) is 0 Å². The molecule has 1 fully saturated rings. The summed E-state index contributed by atoms with van der Waals surface area (Å²) in [5.41, 5.74) is 4.01. The summed E-state index contributed by atoms with van der Waals surface area (Å²) < 4.78 is 10.5. The highest BCUT2D eigenvalue weighted by molar-refractivity contribution is 5.79. The lowest BCUT2D eigenvalue weighted by Crippen LogP contribution is -2.39. The van der Waals surface area contributed by atoms with Crippen LogP contribution in [0.1, 0.15) is 11.7 Å². The van der Waals surface area contributed by atoms with E-state index in [2.05, 4.69) is 15.4 Å². The summed E-state index contributed by atoms with van der Waals surface area (Å²) >= 11 is 0. The molecule has 0 spiro atoms. The van der Waals surface area contributed by atoms with Crippen molar-refractivity contribution in [3.63, 3.8) is 0 Å². The average Bonchev–Trinajstić information content (AvgIpc) is 2.97. The Bertz CT molecular complexity index is 469. The first kappa shape index (κ1) is 13.4. The van der Waals surface area contributed by atoms with E-state index in [1.807, 2.05) is 24.3 Å². The summed E-state index contributed by atoms with van der Waals surface area (Å²) in [6.45, 7) is 4.14. The molecule has 1 saturated heterocycles. The second kappa shape index (κ2) is 6.21. The van der Waals surface area contributed by atoms with Crippen molar-refractivity contribution in [3.05, 3.63) is 29.8 Å². The Hall–Kier alpha value is -1.63. The maximum absolute atomic E-state index is 5.47. The second-order valence-electron chi connectivity index (χ2n) is 4.81. The number of ether oxygens (including phenoxy) is 2. The summed E-state index contributed by atoms with van der Waals surface area (Å²) in [6.07, 6.45) is -0.142. The van der Waals surface area contributed by atoms with Crippen LogP contribution in [0.5, 0.6) is 5.75 Å². The van der Waals surface area contributed by atoms with Crippen molar-refractivity contribution < 1.29 is 14.3 Å². The molecule has 6 nitrogen and oxygen atoms in total. The van der Waals surface area contributed by atoms with Gasteiger partial charge in [0.2, 0.25) is 5.90 Å². The lowest BCUT2D eigenvalue weighted by Gasteiger charge is -2.25. The zero-order valence-electron chi connectivity index (χ0n) is 11.5. The van der Waals surface area contributed by atoms with Gasteiger partial charge in [0, 0.05) is 13.1 Å². The molecule has 1 aromatic carbocycles. The normalized spacial score (nSPS) is 23.2. The lowest BCUT2D eigenvalue weighted by molar-refractivity contribution is 0.0417. The highest BCUT2D eigenvalue weighted by Gasteiger charge is 2.22. The van der Waals surface area contributed by atoms with Crippen LogP contribution in [0.2, 0.25) is 0 Å². The quantitative estimate of drug-likeness (QED) is 0.888. The van der Waals surface area contributed by atoms with Gasteiger partial charge in [0.15, 0.2) is 6.17 Å². The minimum absolute atomic E-state index is 0.142. The van der Waals surface area contributed by atoms with E-state index in [9.17, 15) is 0 Å². The fourth-order valence-corrected chi connectivity index (χ4v) is 2.27. The van der Waals surface area contributed by atoms with Gasteiger partial charge in [-0.1, -0.05) is 12.1 Å². The van der Waals surface area contributed by atoms with Crippen molar-refractivity contribution in [3.8, 4) is 5.75 Å². The molecule has 2 aliphatic heterocycles. The molecule has 0 saturated carbocycles. The number of hydrogen-bond donors (Lipinski definition) is 1. The molecule has 20 heavy (non-hydrogen) atoms. The van der Waals surface area contributed by atoms with Crippen molar-refractivity contribution in [2.45, 2.75) is 6.17 Å². The number of nitrogens with one attached hydrogen (secondary N) is 1. The van der Waals surface area contributed by atoms with Crippen molar-refractivity contribution in [2.75, 3.05) is 40.0 Å². The molecular formula is C14H19N3O3. The minimum atomic E-state index is -0.142. The van der Waals surface area contributed by atoms with E-state index in [0.29, 0.717) is 0 Å². The summed E-state index contributed by atoms with van der Waals surface area (Å²) in [5, 5.41) is 0. The summed E-state index contributed by atoms with van der Waals surface area (Å²) in [5.74, 6) is 1.57. The standard InChI is InChI=1S/C14H19N3O3/c1-18-12-4-2-11(3-5-12)14-15-13(20-16-14)10-17-6-8-19-9-7-17/h2-5,14,16H,6-10H2,1H3/t14-/m0/s1. The Morgan fingerprint density at radius 1 is 1.30 bits per heavy atom. The molecule has 108 valence electrons. The fourth-order valence-electron chi connectivity index (χ4n) is 2.27. The highest BCUT2D eigenvalue weighted by atomic mass is 16.7. The predicted octanol–water partition coefficient (Wildman–Crippen LogP) is 0.959. The van der Waals surface area contributed by atoms with Gasteiger partial charge in [-0.15, -0.1) is 5.48 Å². The van der Waals surface area contributed by atoms with Crippen molar-refractivity contribution in [2.24, 2.45) is 4.99 Å². The van der Waals surface area contributed by atoms with Gasteiger partial charge >= 0.3 is 0 Å². The van der Waals surface area contributed by atoms with Gasteiger partial charge in [-0.05, 0) is 17.7 Å². The van der Waals surface area contributed by atoms with Gasteiger partial charge in [0.05, 0.1) is 26.9 Å². The fraction of sp³-hybridized carbons (Fsp3) is 0.500. The van der Waals surface area contributed by atoms with Crippen LogP contribution in [0.4, 0.5) is 0 Å². The summed E-state index contributed by atoms with van der Waals surface area (Å²) in [7, 11) is 1.66. The smallest absolute Gasteiger partial charge is 0.225 e. The zero-order valence-corrected chi connectivity index (χ0v) is 11.5. The number of aliphatic imine (C=N–C) groups is 1. The Kier molecular flexibility index (Phi) is 4.15. The topological polar surface area (TPSA) is 55.3 Å². The van der Waals surface area contributed by atoms with Crippen molar-refractivity contribution in [1.82, 2.24) is 10.4 Å². The molecule has 1 atom stereocenters. The molecular weight excluding hydrogens is 258 g/mol. The first-order chi connectivity index (χ1) is 9.85. The Labute approximate surface area is 118 Å². The number of nitrogens with zero attached hydrogens (tertiary/aromatic N) is 2. The van der Waals surface area contributed by atoms with Crippen LogP contribution in [0.25, 0.3) is 0 Å². The van der Waals surface area contributed by atoms with Gasteiger partial charge in [0.25, 0.3) is 0 Å². The Balaban J connectivity index is 1.61. The largest absolute Gasteiger partial charge is 0.497 e. The molecule has 6 heteroatoms. The third-order valence-electron chi connectivity index (χ3n) is 3.46. The van der Waals surface area contributed by atoms with E-state index in [0.717, 1.165) is 50.1 Å². The number of rotatable bonds is 4. The van der Waals surface area contributed by atoms with Crippen LogP contribution in [0.3, 0.4) is 0 Å². The first-order valence-electron chi connectivity index (χ1n) is 6.78. The van der Waals surface area contributed by atoms with Gasteiger partial charge in [0.1, 0.15) is 5.75 Å². The van der Waals surface area contributed by atoms with Gasteiger partial charge < -0.3 is 14.3 Å². The number of hydroxylamine groups is 1. The van der Waals surface area contributed by atoms with E-state index in [-0.39, 0.29) is 6.17 Å². The predicted molar refractivity (Wildman–Crippen MR) is 74.6 cm³/mol. The zero-order chi connectivity index (χ0) is 13.8. The van der Waals surface area contributed by atoms with E-state index in [4.69, 9.17) is 14.3 Å². The average molecular weight is 277 g/mol. The molecule has 0 amide bonds. The maximum atomic E-state index is 5.47. The van der Waals surface area contributed by atoms with E-state index in [1.165, 1.54) is 0 Å². The van der Waals surface area contributed by atoms with Gasteiger partial charge in [-0.25, -0.2) is 4.99 Å². The number of hydrogen-bond acceptors (Lipinski definition) is 6. The molecule has 0 unspecified atom stereocenters. The molecule has 3 rings (SSSR count). The minimum Gasteiger partial charge on any atom is -0.497 e. The van der Waals surface area contributed by atoms with Crippen molar-refractivity contribution >= 4 is 5.90 Å². The molecule has 0 radical (unpaired) electrons. The summed E-state index contributed by atoms with van der Waals surface area (Å²) in [4.78, 5) is 12.3. The Morgan fingerprint density at radius 3 is 2.75 bits per heavy atom. The third kappa shape index (κ3) is 3.09. The molecule has 1 N–H and O–H groups in total. The number of methoxy groups -OCH3 is 1. The highest BCUT2D eigenvalue weighted by Crippen LogP contribution is 2.21. The number of benzene rings is 1. The SMILES string of the molecule is COc1ccc([C@H]2N=C(CN3CCOCC3)ON2)cc1. The van der Waals surface area contributed by atoms with Gasteiger partial charge in [-0.3, -0.25) is 4.90 Å². The van der Waals surface area contributed by atoms with Crippen LogP contribution in [0, 0.1) is 0 Å². The van der Waals surface area contributed by atoms with Crippen LogP contribution in [-0.4, -0.2) is 50.8 Å². The van der Waals surface area contributed by atoms with E-state index >= 15 is 0 Å². The van der Waals surface area contributed by atoms with Crippen LogP contribution in [-0.2, 0) is 9.57 Å². The van der Waals surface area contributed by atoms with E-state index < -0.39 is 0 Å². The van der Waals surface area contributed by atoms with Crippen LogP contribution >= 0.6 is 0 Å². The molecule has 2 aliphatic rings. The maximum Gasteiger partial charge on any atom is 0.225 e. The Morgan fingerprint density at radius 2 is 2.05 bits per heavy atom. The number of morpholine rings is 1. The monoisotopic (exact) mass is 277 g/mol. The van der Waals surface area contributed by atoms with E-state index in [1.54, 1.807) is 7.11 Å². The first-order valence-corrected chi connectivity index (χ1v) is 6.78. The molecule has 2 heterocycles. The lowest BCUT2D eigenvalue weighted by atomic mass is 10.2. The molecule has 0 aromatic heterocycles. The molecule has 0 aliphatic carbocycles. The third-order valence-corrected chi connectivity index (χ3v) is 3.46. The van der Waals surface area contributed by atoms with Gasteiger partial charge in [-0.2, -0.15) is 0 Å².